The van der Waals surface area contributed by atoms with Crippen LogP contribution in [0.5, 0.6) is 0 Å². The molecule has 28 heavy (non-hydrogen) atoms. The molecule has 0 spiro atoms. The molecule has 3 aromatic rings. The second-order valence-electron chi connectivity index (χ2n) is 6.23. The fraction of sp³-hybridized carbons (Fsp3) is 0.250. The maximum atomic E-state index is 12.9. The SMILES string of the molecule is CCN(CC(=O)NCc1ccc(F)cc1)C(=O)Cn1c(=O)oc2ccccc21. The first-order valence-electron chi connectivity index (χ1n) is 8.85. The molecule has 0 aliphatic heterocycles. The highest BCUT2D eigenvalue weighted by Crippen LogP contribution is 2.12. The average molecular weight is 385 g/mol. The summed E-state index contributed by atoms with van der Waals surface area (Å²) in [5.74, 6) is -1.68. The summed E-state index contributed by atoms with van der Waals surface area (Å²) >= 11 is 0. The smallest absolute Gasteiger partial charge is 0.408 e. The van der Waals surface area contributed by atoms with Crippen LogP contribution >= 0.6 is 0 Å². The highest BCUT2D eigenvalue weighted by atomic mass is 19.1. The third-order valence-corrected chi connectivity index (χ3v) is 4.34. The number of para-hydroxylation sites is 2. The number of nitrogens with one attached hydrogen (secondary N) is 1. The van der Waals surface area contributed by atoms with Gasteiger partial charge >= 0.3 is 5.76 Å². The van der Waals surface area contributed by atoms with E-state index in [-0.39, 0.29) is 37.3 Å². The van der Waals surface area contributed by atoms with Crippen LogP contribution in [0.4, 0.5) is 4.39 Å². The van der Waals surface area contributed by atoms with Gasteiger partial charge in [-0.15, -0.1) is 0 Å². The van der Waals surface area contributed by atoms with Crippen molar-refractivity contribution in [2.75, 3.05) is 13.1 Å². The predicted octanol–water partition coefficient (Wildman–Crippen LogP) is 1.90. The molecule has 1 N–H and O–H groups in total. The lowest BCUT2D eigenvalue weighted by molar-refractivity contribution is -0.136. The molecule has 0 fully saturated rings. The van der Waals surface area contributed by atoms with E-state index in [1.54, 1.807) is 43.3 Å². The fourth-order valence-electron chi connectivity index (χ4n) is 2.81. The van der Waals surface area contributed by atoms with Crippen molar-refractivity contribution in [3.63, 3.8) is 0 Å². The Kier molecular flexibility index (Phi) is 5.88. The number of fused-ring (bicyclic) bond motifs is 1. The topological polar surface area (TPSA) is 84.5 Å². The molecule has 1 heterocycles. The number of rotatable bonds is 7. The molecule has 2 aromatic carbocycles. The van der Waals surface area contributed by atoms with E-state index in [4.69, 9.17) is 4.42 Å². The van der Waals surface area contributed by atoms with E-state index < -0.39 is 5.76 Å². The molecule has 0 aliphatic carbocycles. The third-order valence-electron chi connectivity index (χ3n) is 4.34. The zero-order valence-electron chi connectivity index (χ0n) is 15.4. The molecule has 0 aliphatic rings. The minimum atomic E-state index is -0.619. The van der Waals surface area contributed by atoms with Gasteiger partial charge in [0.2, 0.25) is 11.8 Å². The van der Waals surface area contributed by atoms with Crippen molar-refractivity contribution < 1.29 is 18.4 Å². The average Bonchev–Trinajstić information content (AvgIpc) is 3.01. The first-order valence-corrected chi connectivity index (χ1v) is 8.85. The predicted molar refractivity (Wildman–Crippen MR) is 101 cm³/mol. The van der Waals surface area contributed by atoms with Gasteiger partial charge in [0.05, 0.1) is 12.1 Å². The number of nitrogens with zero attached hydrogens (tertiary/aromatic N) is 2. The number of hydrogen-bond donors (Lipinski definition) is 1. The van der Waals surface area contributed by atoms with Crippen LogP contribution in [0.2, 0.25) is 0 Å². The van der Waals surface area contributed by atoms with Gasteiger partial charge in [-0.05, 0) is 36.8 Å². The van der Waals surface area contributed by atoms with Crippen LogP contribution in [0.1, 0.15) is 12.5 Å². The van der Waals surface area contributed by atoms with Crippen LogP contribution in [-0.4, -0.2) is 34.4 Å². The summed E-state index contributed by atoms with van der Waals surface area (Å²) in [6.45, 7) is 1.95. The van der Waals surface area contributed by atoms with Crippen LogP contribution in [0.15, 0.2) is 57.7 Å². The van der Waals surface area contributed by atoms with Crippen LogP contribution < -0.4 is 11.1 Å². The van der Waals surface area contributed by atoms with Crippen molar-refractivity contribution in [2.24, 2.45) is 0 Å². The quantitative estimate of drug-likeness (QED) is 0.673. The number of likely N-dealkylation sites (N-methyl/N-ethyl adjacent to an activating group) is 1. The summed E-state index contributed by atoms with van der Waals surface area (Å²) in [6, 6.07) is 12.6. The number of carbonyl (C=O) groups is 2. The summed E-state index contributed by atoms with van der Waals surface area (Å²) in [7, 11) is 0. The molecule has 0 radical (unpaired) electrons. The zero-order valence-corrected chi connectivity index (χ0v) is 15.4. The Hall–Kier alpha value is -3.42. The molecule has 3 rings (SSSR count). The van der Waals surface area contributed by atoms with Gasteiger partial charge in [-0.2, -0.15) is 0 Å². The lowest BCUT2D eigenvalue weighted by Gasteiger charge is -2.20. The highest BCUT2D eigenvalue weighted by molar-refractivity contribution is 5.85. The summed E-state index contributed by atoms with van der Waals surface area (Å²) < 4.78 is 19.3. The molecule has 146 valence electrons. The molecule has 0 bridgehead atoms. The molecule has 1 aromatic heterocycles. The second-order valence-corrected chi connectivity index (χ2v) is 6.23. The van der Waals surface area contributed by atoms with Crippen LogP contribution in [0.3, 0.4) is 0 Å². The Morgan fingerprint density at radius 2 is 1.86 bits per heavy atom. The number of amides is 2. The molecule has 0 unspecified atom stereocenters. The molecule has 0 atom stereocenters. The molecule has 7 nitrogen and oxygen atoms in total. The first-order chi connectivity index (χ1) is 13.5. The third kappa shape index (κ3) is 4.46. The summed E-state index contributed by atoms with van der Waals surface area (Å²) in [6.07, 6.45) is 0. The lowest BCUT2D eigenvalue weighted by Crippen LogP contribution is -2.42. The molecule has 0 saturated heterocycles. The van der Waals surface area contributed by atoms with Gasteiger partial charge in [-0.3, -0.25) is 14.2 Å². The largest absolute Gasteiger partial charge is 0.420 e. The number of halogens is 1. The molecule has 2 amide bonds. The van der Waals surface area contributed by atoms with Gasteiger partial charge in [0.25, 0.3) is 0 Å². The van der Waals surface area contributed by atoms with Crippen molar-refractivity contribution >= 4 is 22.9 Å². The van der Waals surface area contributed by atoms with E-state index in [0.29, 0.717) is 17.6 Å². The van der Waals surface area contributed by atoms with Crippen molar-refractivity contribution in [3.8, 4) is 0 Å². The van der Waals surface area contributed by atoms with Gasteiger partial charge in [0, 0.05) is 13.1 Å². The Balaban J connectivity index is 1.61. The van der Waals surface area contributed by atoms with E-state index in [1.165, 1.54) is 21.6 Å². The molecular formula is C20H20FN3O4. The number of hydrogen-bond acceptors (Lipinski definition) is 4. The standard InChI is InChI=1S/C20H20FN3O4/c1-2-23(12-18(25)22-11-14-7-9-15(21)10-8-14)19(26)13-24-16-5-3-4-6-17(16)28-20(24)27/h3-10H,2,11-13H2,1H3,(H,22,25). The van der Waals surface area contributed by atoms with E-state index >= 15 is 0 Å². The molecular weight excluding hydrogens is 365 g/mol. The van der Waals surface area contributed by atoms with Crippen LogP contribution in [0.25, 0.3) is 11.1 Å². The molecule has 8 heteroatoms. The van der Waals surface area contributed by atoms with Gasteiger partial charge in [-0.1, -0.05) is 24.3 Å². The number of carbonyl (C=O) groups excluding carboxylic acids is 2. The summed E-state index contributed by atoms with van der Waals surface area (Å²) in [5.41, 5.74) is 1.68. The lowest BCUT2D eigenvalue weighted by atomic mass is 10.2. The minimum absolute atomic E-state index is 0.138. The Labute approximate surface area is 160 Å². The Bertz CT molecular complexity index is 1040. The number of aromatic nitrogens is 1. The van der Waals surface area contributed by atoms with Gasteiger partial charge in [-0.25, -0.2) is 9.18 Å². The molecule has 0 saturated carbocycles. The van der Waals surface area contributed by atoms with E-state index in [0.717, 1.165) is 5.56 Å². The van der Waals surface area contributed by atoms with E-state index in [1.807, 2.05) is 0 Å². The maximum Gasteiger partial charge on any atom is 0.420 e. The van der Waals surface area contributed by atoms with Crippen LogP contribution in [-0.2, 0) is 22.7 Å². The normalized spacial score (nSPS) is 10.8. The first kappa shape index (κ1) is 19.3. The Morgan fingerprint density at radius 1 is 1.14 bits per heavy atom. The summed E-state index contributed by atoms with van der Waals surface area (Å²) in [5, 5.41) is 2.70. The van der Waals surface area contributed by atoms with Crippen LogP contribution in [0, 0.1) is 5.82 Å². The summed E-state index contributed by atoms with van der Waals surface area (Å²) in [4.78, 5) is 38.1. The second kappa shape index (κ2) is 8.51. The maximum absolute atomic E-state index is 12.9. The van der Waals surface area contributed by atoms with Gasteiger partial charge in [0.1, 0.15) is 12.4 Å². The van der Waals surface area contributed by atoms with E-state index in [9.17, 15) is 18.8 Å². The highest BCUT2D eigenvalue weighted by Gasteiger charge is 2.19. The van der Waals surface area contributed by atoms with Crippen molar-refractivity contribution in [1.29, 1.82) is 0 Å². The minimum Gasteiger partial charge on any atom is -0.408 e. The van der Waals surface area contributed by atoms with Crippen molar-refractivity contribution in [1.82, 2.24) is 14.8 Å². The number of benzene rings is 2. The van der Waals surface area contributed by atoms with Gasteiger partial charge in [0.15, 0.2) is 5.58 Å². The fourth-order valence-corrected chi connectivity index (χ4v) is 2.81. The van der Waals surface area contributed by atoms with E-state index in [2.05, 4.69) is 5.32 Å². The van der Waals surface area contributed by atoms with Gasteiger partial charge < -0.3 is 14.6 Å². The zero-order chi connectivity index (χ0) is 20.1. The Morgan fingerprint density at radius 3 is 2.57 bits per heavy atom. The number of oxazole rings is 1. The monoisotopic (exact) mass is 385 g/mol. The van der Waals surface area contributed by atoms with Crippen molar-refractivity contribution in [2.45, 2.75) is 20.0 Å². The van der Waals surface area contributed by atoms with Crippen molar-refractivity contribution in [3.05, 3.63) is 70.5 Å².